The molecule has 0 spiro atoms. The van der Waals surface area contributed by atoms with Crippen LogP contribution in [0.25, 0.3) is 0 Å². The normalized spacial score (nSPS) is 20.4. The van der Waals surface area contributed by atoms with Crippen LogP contribution in [0, 0.1) is 5.82 Å². The monoisotopic (exact) mass is 215 g/mol. The van der Waals surface area contributed by atoms with Crippen LogP contribution in [0.4, 0.5) is 9.18 Å². The van der Waals surface area contributed by atoms with Gasteiger partial charge in [-0.05, 0) is 23.8 Å². The van der Waals surface area contributed by atoms with Gasteiger partial charge in [0.05, 0.1) is 6.04 Å². The summed E-state index contributed by atoms with van der Waals surface area (Å²) < 4.78 is 17.6. The quantitative estimate of drug-likeness (QED) is 0.781. The van der Waals surface area contributed by atoms with Gasteiger partial charge >= 0.3 is 6.09 Å². The molecule has 2 rings (SSSR count). The largest absolute Gasteiger partial charge is 0.447 e. The molecule has 3 nitrogen and oxygen atoms in total. The number of alkyl carbamates (subject to hydrolysis) is 1. The van der Waals surface area contributed by atoms with Crippen LogP contribution in [0.1, 0.15) is 11.6 Å². The number of benzene rings is 1. The first-order valence-corrected chi connectivity index (χ1v) is 4.42. The van der Waals surface area contributed by atoms with Crippen LogP contribution in [-0.2, 0) is 4.74 Å². The Labute approximate surface area is 84.8 Å². The summed E-state index contributed by atoms with van der Waals surface area (Å²) in [6.07, 6.45) is -0.490. The van der Waals surface area contributed by atoms with Gasteiger partial charge in [-0.1, -0.05) is 11.6 Å². The highest BCUT2D eigenvalue weighted by molar-refractivity contribution is 6.30. The lowest BCUT2D eigenvalue weighted by Crippen LogP contribution is -2.18. The number of ether oxygens (including phenoxy) is 1. The van der Waals surface area contributed by atoms with Crippen LogP contribution in [-0.4, -0.2) is 12.7 Å². The Kier molecular flexibility index (Phi) is 2.29. The van der Waals surface area contributed by atoms with E-state index in [1.165, 1.54) is 12.1 Å². The maximum atomic E-state index is 12.9. The molecule has 1 N–H and O–H groups in total. The number of hydrogen-bond donors (Lipinski definition) is 1. The van der Waals surface area contributed by atoms with Gasteiger partial charge < -0.3 is 10.1 Å². The summed E-state index contributed by atoms with van der Waals surface area (Å²) in [5, 5.41) is 2.84. The second-order valence-electron chi connectivity index (χ2n) is 3.00. The maximum absolute atomic E-state index is 12.9. The molecular weight excluding hydrogens is 209 g/mol. The predicted molar refractivity (Wildman–Crippen MR) is 48.6 cm³/mol. The Hall–Kier alpha value is -1.29. The van der Waals surface area contributed by atoms with E-state index in [2.05, 4.69) is 10.1 Å². The number of hydrogen-bond acceptors (Lipinski definition) is 2. The van der Waals surface area contributed by atoms with Crippen molar-refractivity contribution in [2.45, 2.75) is 6.04 Å². The molecule has 1 fully saturated rings. The molecule has 5 heteroatoms. The maximum Gasteiger partial charge on any atom is 0.407 e. The molecule has 0 saturated carbocycles. The van der Waals surface area contributed by atoms with Crippen molar-refractivity contribution >= 4 is 17.7 Å². The molecule has 0 bridgehead atoms. The molecule has 1 aromatic carbocycles. The van der Waals surface area contributed by atoms with E-state index >= 15 is 0 Å². The van der Waals surface area contributed by atoms with Gasteiger partial charge in [0.25, 0.3) is 0 Å². The standard InChI is InChI=1S/C9H7ClFNO2/c10-6-1-5(2-7(11)3-6)8-4-14-9(13)12-8/h1-3,8H,4H2,(H,12,13). The molecule has 1 aliphatic heterocycles. The molecule has 0 aliphatic carbocycles. The van der Waals surface area contributed by atoms with E-state index in [-0.39, 0.29) is 12.6 Å². The Morgan fingerprint density at radius 3 is 2.86 bits per heavy atom. The summed E-state index contributed by atoms with van der Waals surface area (Å²) in [4.78, 5) is 10.7. The molecule has 1 atom stereocenters. The third kappa shape index (κ3) is 1.80. The average molecular weight is 216 g/mol. The number of carbonyl (C=O) groups is 1. The summed E-state index contributed by atoms with van der Waals surface area (Å²) in [7, 11) is 0. The SMILES string of the molecule is O=C1NC(c2cc(F)cc(Cl)c2)CO1. The van der Waals surface area contributed by atoms with Crippen LogP contribution < -0.4 is 5.32 Å². The smallest absolute Gasteiger partial charge is 0.407 e. The highest BCUT2D eigenvalue weighted by atomic mass is 35.5. The molecule has 74 valence electrons. The van der Waals surface area contributed by atoms with Crippen molar-refractivity contribution in [1.29, 1.82) is 0 Å². The van der Waals surface area contributed by atoms with Gasteiger partial charge in [0, 0.05) is 5.02 Å². The Bertz CT molecular complexity index is 363. The number of carbonyl (C=O) groups excluding carboxylic acids is 1. The second-order valence-corrected chi connectivity index (χ2v) is 3.43. The lowest BCUT2D eigenvalue weighted by atomic mass is 10.1. The van der Waals surface area contributed by atoms with E-state index in [0.717, 1.165) is 0 Å². The van der Waals surface area contributed by atoms with Crippen LogP contribution >= 0.6 is 11.6 Å². The fourth-order valence-corrected chi connectivity index (χ4v) is 1.57. The lowest BCUT2D eigenvalue weighted by Gasteiger charge is -2.07. The van der Waals surface area contributed by atoms with E-state index in [1.807, 2.05) is 0 Å². The first-order chi connectivity index (χ1) is 6.65. The molecule has 1 unspecified atom stereocenters. The number of nitrogens with one attached hydrogen (secondary N) is 1. The van der Waals surface area contributed by atoms with Crippen LogP contribution in [0.15, 0.2) is 18.2 Å². The molecule has 1 amide bonds. The van der Waals surface area contributed by atoms with Crippen molar-refractivity contribution in [3.05, 3.63) is 34.6 Å². The van der Waals surface area contributed by atoms with Crippen molar-refractivity contribution in [2.75, 3.05) is 6.61 Å². The zero-order valence-corrected chi connectivity index (χ0v) is 7.84. The van der Waals surface area contributed by atoms with Gasteiger partial charge in [-0.25, -0.2) is 9.18 Å². The van der Waals surface area contributed by atoms with Crippen LogP contribution in [0.5, 0.6) is 0 Å². The predicted octanol–water partition coefficient (Wildman–Crippen LogP) is 2.26. The van der Waals surface area contributed by atoms with Gasteiger partial charge in [-0.15, -0.1) is 0 Å². The summed E-state index contributed by atoms with van der Waals surface area (Å²) >= 11 is 5.67. The first-order valence-electron chi connectivity index (χ1n) is 4.04. The van der Waals surface area contributed by atoms with Gasteiger partial charge in [0.2, 0.25) is 0 Å². The van der Waals surface area contributed by atoms with E-state index in [0.29, 0.717) is 10.6 Å². The van der Waals surface area contributed by atoms with Crippen molar-refractivity contribution in [2.24, 2.45) is 0 Å². The molecular formula is C9H7ClFNO2. The average Bonchev–Trinajstić information content (AvgIpc) is 2.50. The Morgan fingerprint density at radius 2 is 2.29 bits per heavy atom. The lowest BCUT2D eigenvalue weighted by molar-refractivity contribution is 0.177. The Balaban J connectivity index is 2.27. The number of cyclic esters (lactones) is 1. The minimum atomic E-state index is -0.490. The summed E-state index contributed by atoms with van der Waals surface area (Å²) in [5.41, 5.74) is 0.612. The highest BCUT2D eigenvalue weighted by Gasteiger charge is 2.24. The van der Waals surface area contributed by atoms with E-state index in [4.69, 9.17) is 11.6 Å². The molecule has 1 heterocycles. The van der Waals surface area contributed by atoms with Gasteiger partial charge in [0.1, 0.15) is 12.4 Å². The molecule has 0 aromatic heterocycles. The molecule has 1 aliphatic rings. The molecule has 0 radical (unpaired) electrons. The minimum Gasteiger partial charge on any atom is -0.447 e. The number of rotatable bonds is 1. The highest BCUT2D eigenvalue weighted by Crippen LogP contribution is 2.22. The van der Waals surface area contributed by atoms with Crippen molar-refractivity contribution in [3.63, 3.8) is 0 Å². The molecule has 1 aromatic rings. The van der Waals surface area contributed by atoms with Crippen molar-refractivity contribution in [3.8, 4) is 0 Å². The zero-order chi connectivity index (χ0) is 10.1. The van der Waals surface area contributed by atoms with E-state index in [1.54, 1.807) is 6.07 Å². The van der Waals surface area contributed by atoms with Crippen molar-refractivity contribution < 1.29 is 13.9 Å². The summed E-state index contributed by atoms with van der Waals surface area (Å²) in [6.45, 7) is 0.207. The van der Waals surface area contributed by atoms with Gasteiger partial charge in [0.15, 0.2) is 0 Å². The van der Waals surface area contributed by atoms with Crippen molar-refractivity contribution in [1.82, 2.24) is 5.32 Å². The minimum absolute atomic E-state index is 0.207. The van der Waals surface area contributed by atoms with Crippen LogP contribution in [0.3, 0.4) is 0 Å². The fraction of sp³-hybridized carbons (Fsp3) is 0.222. The number of amides is 1. The molecule has 1 saturated heterocycles. The molecule has 14 heavy (non-hydrogen) atoms. The topological polar surface area (TPSA) is 38.3 Å². The van der Waals surface area contributed by atoms with Gasteiger partial charge in [-0.2, -0.15) is 0 Å². The third-order valence-corrected chi connectivity index (χ3v) is 2.18. The second kappa shape index (κ2) is 3.46. The summed E-state index contributed by atoms with van der Waals surface area (Å²) in [6, 6.07) is 3.83. The van der Waals surface area contributed by atoms with Crippen LogP contribution in [0.2, 0.25) is 5.02 Å². The first kappa shape index (κ1) is 9.27. The fourth-order valence-electron chi connectivity index (χ4n) is 1.34. The third-order valence-electron chi connectivity index (χ3n) is 1.96. The van der Waals surface area contributed by atoms with E-state index in [9.17, 15) is 9.18 Å². The number of halogens is 2. The zero-order valence-electron chi connectivity index (χ0n) is 7.09. The Morgan fingerprint density at radius 1 is 1.50 bits per heavy atom. The van der Waals surface area contributed by atoms with Gasteiger partial charge in [-0.3, -0.25) is 0 Å². The summed E-state index contributed by atoms with van der Waals surface area (Å²) in [5.74, 6) is -0.423. The van der Waals surface area contributed by atoms with E-state index < -0.39 is 11.9 Å².